The van der Waals surface area contributed by atoms with Gasteiger partial charge in [-0.3, -0.25) is 4.79 Å². The highest BCUT2D eigenvalue weighted by molar-refractivity contribution is 7.13. The molecule has 0 fully saturated rings. The van der Waals surface area contributed by atoms with Gasteiger partial charge in [-0.2, -0.15) is 0 Å². The molecule has 0 bridgehead atoms. The third-order valence-corrected chi connectivity index (χ3v) is 4.88. The molecule has 2 aromatic rings. The fraction of sp³-hybridized carbons (Fsp3) is 0.421. The van der Waals surface area contributed by atoms with E-state index >= 15 is 0 Å². The van der Waals surface area contributed by atoms with E-state index < -0.39 is 12.0 Å². The van der Waals surface area contributed by atoms with Crippen molar-refractivity contribution in [3.8, 4) is 10.6 Å². The van der Waals surface area contributed by atoms with Gasteiger partial charge in [0.15, 0.2) is 0 Å². The summed E-state index contributed by atoms with van der Waals surface area (Å²) in [6, 6.07) is 7.64. The van der Waals surface area contributed by atoms with Gasteiger partial charge in [-0.1, -0.05) is 45.0 Å². The zero-order valence-electron chi connectivity index (χ0n) is 15.0. The van der Waals surface area contributed by atoms with Gasteiger partial charge in [0.05, 0.1) is 19.2 Å². The first-order chi connectivity index (χ1) is 11.9. The highest BCUT2D eigenvalue weighted by Crippen LogP contribution is 2.24. The van der Waals surface area contributed by atoms with Crippen molar-refractivity contribution in [3.05, 3.63) is 40.9 Å². The molecule has 1 aromatic heterocycles. The van der Waals surface area contributed by atoms with Crippen LogP contribution >= 0.6 is 11.3 Å². The second kappa shape index (κ2) is 8.76. The molecule has 1 atom stereocenters. The zero-order valence-corrected chi connectivity index (χ0v) is 15.9. The molecule has 0 saturated heterocycles. The van der Waals surface area contributed by atoms with Crippen LogP contribution in [0.25, 0.3) is 10.6 Å². The molecule has 1 N–H and O–H groups in total. The molecular formula is C19H24N2O3S. The number of nitrogens with zero attached hydrogens (tertiary/aromatic N) is 1. The van der Waals surface area contributed by atoms with Crippen molar-refractivity contribution >= 4 is 23.2 Å². The van der Waals surface area contributed by atoms with Crippen LogP contribution in [0, 0.1) is 5.92 Å². The second-order valence-electron chi connectivity index (χ2n) is 6.18. The van der Waals surface area contributed by atoms with Crippen LogP contribution in [0.1, 0.15) is 32.0 Å². The Morgan fingerprint density at radius 3 is 2.48 bits per heavy atom. The van der Waals surface area contributed by atoms with Crippen LogP contribution in [-0.4, -0.2) is 30.0 Å². The molecule has 0 aliphatic heterocycles. The van der Waals surface area contributed by atoms with Crippen molar-refractivity contribution in [1.29, 1.82) is 0 Å². The molecule has 0 aliphatic rings. The van der Waals surface area contributed by atoms with Gasteiger partial charge in [0, 0.05) is 10.9 Å². The number of carbonyl (C=O) groups excluding carboxylic acids is 2. The minimum absolute atomic E-state index is 0.0422. The van der Waals surface area contributed by atoms with Crippen molar-refractivity contribution in [2.45, 2.75) is 39.7 Å². The Kier molecular flexibility index (Phi) is 6.70. The molecule has 0 radical (unpaired) electrons. The van der Waals surface area contributed by atoms with Gasteiger partial charge in [-0.15, -0.1) is 11.3 Å². The van der Waals surface area contributed by atoms with Crippen LogP contribution in [0.5, 0.6) is 0 Å². The van der Waals surface area contributed by atoms with E-state index in [1.165, 1.54) is 24.0 Å². The van der Waals surface area contributed by atoms with Crippen molar-refractivity contribution in [2.75, 3.05) is 7.11 Å². The SMILES string of the molecule is CCc1ccc(-c2nc(CC(=O)NC(C(=O)OC)C(C)C)cs2)cc1. The molecule has 1 heterocycles. The summed E-state index contributed by atoms with van der Waals surface area (Å²) >= 11 is 1.51. The van der Waals surface area contributed by atoms with E-state index in [-0.39, 0.29) is 18.2 Å². The second-order valence-corrected chi connectivity index (χ2v) is 7.04. The smallest absolute Gasteiger partial charge is 0.328 e. The number of rotatable bonds is 7. The molecule has 5 nitrogen and oxygen atoms in total. The fourth-order valence-electron chi connectivity index (χ4n) is 2.42. The maximum Gasteiger partial charge on any atom is 0.328 e. The largest absolute Gasteiger partial charge is 0.467 e. The number of thiazole rings is 1. The molecular weight excluding hydrogens is 336 g/mol. The van der Waals surface area contributed by atoms with Crippen molar-refractivity contribution in [1.82, 2.24) is 10.3 Å². The Balaban J connectivity index is 2.02. The minimum Gasteiger partial charge on any atom is -0.467 e. The highest BCUT2D eigenvalue weighted by atomic mass is 32.1. The van der Waals surface area contributed by atoms with Crippen LogP contribution < -0.4 is 5.32 Å². The number of amides is 1. The molecule has 6 heteroatoms. The van der Waals surface area contributed by atoms with Crippen LogP contribution in [-0.2, 0) is 27.2 Å². The minimum atomic E-state index is -0.641. The number of benzene rings is 1. The average molecular weight is 360 g/mol. The van der Waals surface area contributed by atoms with Gasteiger partial charge in [-0.05, 0) is 17.9 Å². The lowest BCUT2D eigenvalue weighted by molar-refractivity contribution is -0.146. The molecule has 0 aliphatic carbocycles. The monoisotopic (exact) mass is 360 g/mol. The van der Waals surface area contributed by atoms with E-state index in [0.717, 1.165) is 17.0 Å². The van der Waals surface area contributed by atoms with Crippen LogP contribution in [0.3, 0.4) is 0 Å². The summed E-state index contributed by atoms with van der Waals surface area (Å²) in [5.41, 5.74) is 3.02. The average Bonchev–Trinajstić information content (AvgIpc) is 3.07. The molecule has 2 rings (SSSR count). The van der Waals surface area contributed by atoms with E-state index in [1.54, 1.807) is 0 Å². The van der Waals surface area contributed by atoms with E-state index in [1.807, 2.05) is 31.4 Å². The van der Waals surface area contributed by atoms with Crippen molar-refractivity contribution in [2.24, 2.45) is 5.92 Å². The number of ether oxygens (including phenoxy) is 1. The van der Waals surface area contributed by atoms with Gasteiger partial charge >= 0.3 is 5.97 Å². The summed E-state index contributed by atoms with van der Waals surface area (Å²) in [6.07, 6.45) is 1.14. The Hall–Kier alpha value is -2.21. The molecule has 25 heavy (non-hydrogen) atoms. The van der Waals surface area contributed by atoms with Crippen LogP contribution in [0.15, 0.2) is 29.6 Å². The van der Waals surface area contributed by atoms with E-state index in [4.69, 9.17) is 4.74 Å². The zero-order chi connectivity index (χ0) is 18.4. The van der Waals surface area contributed by atoms with Gasteiger partial charge in [0.1, 0.15) is 11.0 Å². The number of hydrogen-bond acceptors (Lipinski definition) is 5. The van der Waals surface area contributed by atoms with Gasteiger partial charge in [0.25, 0.3) is 0 Å². The standard InChI is InChI=1S/C19H24N2O3S/c1-5-13-6-8-14(9-7-13)18-20-15(11-25-18)10-16(22)21-17(12(2)3)19(23)24-4/h6-9,11-12,17H,5,10H2,1-4H3,(H,21,22). The number of aromatic nitrogens is 1. The first-order valence-corrected chi connectivity index (χ1v) is 9.23. The van der Waals surface area contributed by atoms with Crippen LogP contribution in [0.2, 0.25) is 0 Å². The number of esters is 1. The number of nitrogens with one attached hydrogen (secondary N) is 1. The Morgan fingerprint density at radius 2 is 1.92 bits per heavy atom. The van der Waals surface area contributed by atoms with Crippen molar-refractivity contribution in [3.63, 3.8) is 0 Å². The normalized spacial score (nSPS) is 12.0. The molecule has 134 valence electrons. The maximum atomic E-state index is 12.2. The highest BCUT2D eigenvalue weighted by Gasteiger charge is 2.25. The van der Waals surface area contributed by atoms with Crippen molar-refractivity contribution < 1.29 is 14.3 Å². The van der Waals surface area contributed by atoms with Gasteiger partial charge < -0.3 is 10.1 Å². The van der Waals surface area contributed by atoms with E-state index in [9.17, 15) is 9.59 Å². The number of hydrogen-bond donors (Lipinski definition) is 1. The summed E-state index contributed by atoms with van der Waals surface area (Å²) < 4.78 is 4.74. The maximum absolute atomic E-state index is 12.2. The third kappa shape index (κ3) is 5.13. The van der Waals surface area contributed by atoms with Crippen LogP contribution in [0.4, 0.5) is 0 Å². The lowest BCUT2D eigenvalue weighted by Gasteiger charge is -2.19. The lowest BCUT2D eigenvalue weighted by atomic mass is 10.0. The van der Waals surface area contributed by atoms with Gasteiger partial charge in [-0.25, -0.2) is 9.78 Å². The fourth-order valence-corrected chi connectivity index (χ4v) is 3.24. The summed E-state index contributed by atoms with van der Waals surface area (Å²) in [7, 11) is 1.32. The van der Waals surface area contributed by atoms with Gasteiger partial charge in [0.2, 0.25) is 5.91 Å². The predicted molar refractivity (Wildman–Crippen MR) is 99.4 cm³/mol. The summed E-state index contributed by atoms with van der Waals surface area (Å²) in [5, 5.41) is 5.50. The Labute approximate surface area is 152 Å². The molecule has 1 aromatic carbocycles. The summed E-state index contributed by atoms with van der Waals surface area (Å²) in [5.74, 6) is -0.708. The van der Waals surface area contributed by atoms with E-state index in [2.05, 4.69) is 29.4 Å². The summed E-state index contributed by atoms with van der Waals surface area (Å²) in [6.45, 7) is 5.85. The third-order valence-electron chi connectivity index (χ3n) is 3.94. The topological polar surface area (TPSA) is 68.3 Å². The predicted octanol–water partition coefficient (Wildman–Crippen LogP) is 3.23. The first-order valence-electron chi connectivity index (χ1n) is 8.35. The molecule has 0 spiro atoms. The summed E-state index contributed by atoms with van der Waals surface area (Å²) in [4.78, 5) is 28.5. The Morgan fingerprint density at radius 1 is 1.24 bits per heavy atom. The molecule has 1 amide bonds. The van der Waals surface area contributed by atoms with E-state index in [0.29, 0.717) is 5.69 Å². The number of methoxy groups -OCH3 is 1. The number of aryl methyl sites for hydroxylation is 1. The molecule has 1 unspecified atom stereocenters. The lowest BCUT2D eigenvalue weighted by Crippen LogP contribution is -2.45. The number of carbonyl (C=O) groups is 2. The first kappa shape index (κ1) is 19.1. The Bertz CT molecular complexity index is 723. The molecule has 0 saturated carbocycles. The quantitative estimate of drug-likeness (QED) is 0.770.